The summed E-state index contributed by atoms with van der Waals surface area (Å²) in [6.45, 7) is 1.98. The molecule has 2 N–H and O–H groups in total. The molecule has 1 heterocycles. The molecule has 1 unspecified atom stereocenters. The first kappa shape index (κ1) is 23.3. The average molecular weight is 477 g/mol. The topological polar surface area (TPSA) is 87.7 Å². The Morgan fingerprint density at radius 2 is 1.87 bits per heavy atom. The van der Waals surface area contributed by atoms with Gasteiger partial charge in [-0.3, -0.25) is 14.6 Å². The Bertz CT molecular complexity index is 1090. The van der Waals surface area contributed by atoms with Crippen molar-refractivity contribution in [2.45, 2.75) is 37.4 Å². The van der Waals surface area contributed by atoms with Gasteiger partial charge in [0.2, 0.25) is 5.91 Å². The third-order valence-electron chi connectivity index (χ3n) is 4.56. The number of benzene rings is 2. The van der Waals surface area contributed by atoms with Gasteiger partial charge >= 0.3 is 0 Å². The van der Waals surface area contributed by atoms with Gasteiger partial charge in [-0.25, -0.2) is 0 Å². The number of halogens is 2. The first-order valence-corrected chi connectivity index (χ1v) is 11.5. The maximum absolute atomic E-state index is 12.3. The number of amides is 1. The van der Waals surface area contributed by atoms with Crippen molar-refractivity contribution < 1.29 is 4.79 Å². The van der Waals surface area contributed by atoms with Crippen LogP contribution in [0.2, 0.25) is 10.0 Å². The van der Waals surface area contributed by atoms with Crippen LogP contribution in [0, 0.1) is 0 Å². The summed E-state index contributed by atoms with van der Waals surface area (Å²) in [5.74, 6) is 0.0278. The highest BCUT2D eigenvalue weighted by molar-refractivity contribution is 7.99. The predicted molar refractivity (Wildman–Crippen MR) is 125 cm³/mol. The number of nitrogens with one attached hydrogen (secondary N) is 2. The highest BCUT2D eigenvalue weighted by Crippen LogP contribution is 2.23. The molecule has 31 heavy (non-hydrogen) atoms. The van der Waals surface area contributed by atoms with E-state index in [1.807, 2.05) is 25.1 Å². The van der Waals surface area contributed by atoms with Crippen LogP contribution in [0.1, 0.15) is 30.2 Å². The van der Waals surface area contributed by atoms with E-state index in [9.17, 15) is 9.59 Å². The maximum Gasteiger partial charge on any atom is 0.273 e. The van der Waals surface area contributed by atoms with E-state index in [1.165, 1.54) is 5.56 Å². The number of hydrogen-bond donors (Lipinski definition) is 2. The average Bonchev–Trinajstić information content (AvgIpc) is 2.76. The van der Waals surface area contributed by atoms with E-state index < -0.39 is 0 Å². The zero-order valence-electron chi connectivity index (χ0n) is 16.9. The molecule has 3 aromatic rings. The van der Waals surface area contributed by atoms with Crippen LogP contribution in [0.15, 0.2) is 58.5 Å². The van der Waals surface area contributed by atoms with Gasteiger partial charge in [0, 0.05) is 12.5 Å². The highest BCUT2D eigenvalue weighted by Gasteiger charge is 2.11. The van der Waals surface area contributed by atoms with E-state index >= 15 is 0 Å². The number of nitrogens with zero attached hydrogens (tertiary/aromatic N) is 2. The van der Waals surface area contributed by atoms with Crippen LogP contribution in [-0.2, 0) is 17.6 Å². The summed E-state index contributed by atoms with van der Waals surface area (Å²) in [5, 5.41) is 12.2. The Labute approximate surface area is 194 Å². The molecule has 1 atom stereocenters. The second-order valence-electron chi connectivity index (χ2n) is 7.11. The lowest BCUT2D eigenvalue weighted by molar-refractivity contribution is -0.119. The van der Waals surface area contributed by atoms with Gasteiger partial charge in [0.15, 0.2) is 5.16 Å². The minimum Gasteiger partial charge on any atom is -0.353 e. The van der Waals surface area contributed by atoms with Gasteiger partial charge in [0.1, 0.15) is 5.69 Å². The minimum absolute atomic E-state index is 0.0482. The van der Waals surface area contributed by atoms with Gasteiger partial charge in [0.05, 0.1) is 15.8 Å². The molecule has 0 fully saturated rings. The van der Waals surface area contributed by atoms with Crippen LogP contribution in [0.25, 0.3) is 0 Å². The van der Waals surface area contributed by atoms with Crippen molar-refractivity contribution >= 4 is 40.9 Å². The van der Waals surface area contributed by atoms with Gasteiger partial charge in [-0.05, 0) is 43.0 Å². The van der Waals surface area contributed by atoms with Crippen LogP contribution >= 0.6 is 35.0 Å². The molecule has 0 aliphatic rings. The molecule has 6 nitrogen and oxygen atoms in total. The van der Waals surface area contributed by atoms with Crippen LogP contribution in [-0.4, -0.2) is 32.9 Å². The first-order chi connectivity index (χ1) is 14.9. The molecule has 0 radical (unpaired) electrons. The summed E-state index contributed by atoms with van der Waals surface area (Å²) in [6.07, 6.45) is 2.03. The number of rotatable bonds is 9. The van der Waals surface area contributed by atoms with E-state index in [2.05, 4.69) is 32.6 Å². The van der Waals surface area contributed by atoms with Crippen molar-refractivity contribution in [3.05, 3.63) is 85.8 Å². The second-order valence-corrected chi connectivity index (χ2v) is 8.89. The molecule has 1 aromatic heterocycles. The molecule has 0 spiro atoms. The van der Waals surface area contributed by atoms with Gasteiger partial charge in [-0.15, -0.1) is 10.2 Å². The van der Waals surface area contributed by atoms with E-state index in [1.54, 1.807) is 18.2 Å². The van der Waals surface area contributed by atoms with Crippen molar-refractivity contribution in [3.8, 4) is 0 Å². The van der Waals surface area contributed by atoms with Crippen molar-refractivity contribution in [2.24, 2.45) is 0 Å². The van der Waals surface area contributed by atoms with Crippen molar-refractivity contribution in [1.29, 1.82) is 0 Å². The number of thioether (sulfide) groups is 1. The van der Waals surface area contributed by atoms with Crippen LogP contribution in [0.4, 0.5) is 0 Å². The Morgan fingerprint density at radius 3 is 2.58 bits per heavy atom. The zero-order valence-corrected chi connectivity index (χ0v) is 19.2. The van der Waals surface area contributed by atoms with Gasteiger partial charge in [-0.1, -0.05) is 71.4 Å². The van der Waals surface area contributed by atoms with Crippen LogP contribution < -0.4 is 10.9 Å². The molecular weight excluding hydrogens is 455 g/mol. The number of carbonyl (C=O) groups excluding carboxylic acids is 1. The number of carbonyl (C=O) groups is 1. The maximum atomic E-state index is 12.3. The third kappa shape index (κ3) is 7.38. The number of aryl methyl sites for hydroxylation is 1. The number of hydrogen-bond acceptors (Lipinski definition) is 5. The molecule has 1 amide bonds. The first-order valence-electron chi connectivity index (χ1n) is 9.76. The molecule has 0 bridgehead atoms. The van der Waals surface area contributed by atoms with Gasteiger partial charge < -0.3 is 5.32 Å². The summed E-state index contributed by atoms with van der Waals surface area (Å²) in [6, 6.07) is 15.3. The normalized spacial score (nSPS) is 11.8. The summed E-state index contributed by atoms with van der Waals surface area (Å²) in [5.41, 5.74) is 1.96. The lowest BCUT2D eigenvalue weighted by Crippen LogP contribution is -2.34. The molecule has 0 aliphatic heterocycles. The fourth-order valence-electron chi connectivity index (χ4n) is 2.92. The Balaban J connectivity index is 1.47. The molecule has 0 saturated carbocycles. The van der Waals surface area contributed by atoms with E-state index in [4.69, 9.17) is 23.2 Å². The van der Waals surface area contributed by atoms with Crippen LogP contribution in [0.5, 0.6) is 0 Å². The fraction of sp³-hybridized carbons (Fsp3) is 0.273. The third-order valence-corrected chi connectivity index (χ3v) is 6.16. The SMILES string of the molecule is CC(CCc1ccccc1)NC(=O)CSc1nnc(Cc2ccc(Cl)c(Cl)c2)c(=O)[nH]1. The molecule has 0 saturated heterocycles. The van der Waals surface area contributed by atoms with E-state index in [-0.39, 0.29) is 35.4 Å². The summed E-state index contributed by atoms with van der Waals surface area (Å²) in [4.78, 5) is 27.2. The Morgan fingerprint density at radius 1 is 1.10 bits per heavy atom. The smallest absolute Gasteiger partial charge is 0.273 e. The van der Waals surface area contributed by atoms with Gasteiger partial charge in [0.25, 0.3) is 5.56 Å². The summed E-state index contributed by atoms with van der Waals surface area (Å²) in [7, 11) is 0. The fourth-order valence-corrected chi connectivity index (χ4v) is 3.85. The van der Waals surface area contributed by atoms with Crippen molar-refractivity contribution in [2.75, 3.05) is 5.75 Å². The Kier molecular flexibility index (Phi) is 8.51. The predicted octanol–water partition coefficient (Wildman–Crippen LogP) is 4.29. The van der Waals surface area contributed by atoms with Crippen molar-refractivity contribution in [3.63, 3.8) is 0 Å². The molecule has 9 heteroatoms. The quantitative estimate of drug-likeness (QED) is 0.449. The monoisotopic (exact) mass is 476 g/mol. The zero-order chi connectivity index (χ0) is 22.2. The standard InChI is InChI=1S/C22H22Cl2N4O2S/c1-14(7-8-15-5-3-2-4-6-15)25-20(29)13-31-22-26-21(30)19(27-28-22)12-16-9-10-17(23)18(24)11-16/h2-6,9-11,14H,7-8,12-13H2,1H3,(H,25,29)(H,26,28,30). The van der Waals surface area contributed by atoms with E-state index in [0.29, 0.717) is 15.2 Å². The van der Waals surface area contributed by atoms with Crippen molar-refractivity contribution in [1.82, 2.24) is 20.5 Å². The highest BCUT2D eigenvalue weighted by atomic mass is 35.5. The number of aromatic nitrogens is 3. The lowest BCUT2D eigenvalue weighted by Gasteiger charge is -2.13. The molecule has 3 rings (SSSR count). The molecule has 0 aliphatic carbocycles. The number of H-pyrrole nitrogens is 1. The largest absolute Gasteiger partial charge is 0.353 e. The molecule has 2 aromatic carbocycles. The number of aromatic amines is 1. The minimum atomic E-state index is -0.347. The summed E-state index contributed by atoms with van der Waals surface area (Å²) >= 11 is 13.1. The van der Waals surface area contributed by atoms with Gasteiger partial charge in [-0.2, -0.15) is 0 Å². The lowest BCUT2D eigenvalue weighted by atomic mass is 10.1. The summed E-state index contributed by atoms with van der Waals surface area (Å²) < 4.78 is 0. The van der Waals surface area contributed by atoms with E-state index in [0.717, 1.165) is 30.2 Å². The second kappa shape index (κ2) is 11.3. The molecular formula is C22H22Cl2N4O2S. The molecule has 162 valence electrons. The van der Waals surface area contributed by atoms with Crippen LogP contribution in [0.3, 0.4) is 0 Å². The Hall–Kier alpha value is -2.35.